The minimum Gasteiger partial charge on any atom is -0.360 e. The molecule has 0 amide bonds. The summed E-state index contributed by atoms with van der Waals surface area (Å²) in [7, 11) is 0. The monoisotopic (exact) mass is 293 g/mol. The topological polar surface area (TPSA) is 37.8 Å². The lowest BCUT2D eigenvalue weighted by atomic mass is 10.2. The highest BCUT2D eigenvalue weighted by molar-refractivity contribution is 7.98. The van der Waals surface area contributed by atoms with E-state index in [2.05, 4.69) is 59.7 Å². The molecular weight excluding hydrogens is 274 g/mol. The molecule has 19 heavy (non-hydrogen) atoms. The molecule has 0 bridgehead atoms. The molecule has 0 radical (unpaired) electrons. The van der Waals surface area contributed by atoms with Crippen LogP contribution in [0.2, 0.25) is 0 Å². The van der Waals surface area contributed by atoms with Crippen LogP contribution in [-0.2, 0) is 5.75 Å². The standard InChI is InChI=1S/C14H19N3S2/c1-10(2)8-15-14-16-13(17-19-14)9-18-12-7-5-4-6-11(12)3/h4-7,10H,8-9H2,1-3H3,(H,15,16,17). The van der Waals surface area contributed by atoms with Gasteiger partial charge < -0.3 is 5.32 Å². The van der Waals surface area contributed by atoms with Gasteiger partial charge in [-0.15, -0.1) is 11.8 Å². The molecule has 0 spiro atoms. The molecule has 3 nitrogen and oxygen atoms in total. The molecule has 0 aliphatic heterocycles. The van der Waals surface area contributed by atoms with Gasteiger partial charge in [0.15, 0.2) is 5.82 Å². The first kappa shape index (κ1) is 14.3. The predicted molar refractivity (Wildman–Crippen MR) is 84.0 cm³/mol. The van der Waals surface area contributed by atoms with E-state index >= 15 is 0 Å². The van der Waals surface area contributed by atoms with Crippen LogP contribution in [0, 0.1) is 12.8 Å². The summed E-state index contributed by atoms with van der Waals surface area (Å²) in [6.45, 7) is 7.44. The lowest BCUT2D eigenvalue weighted by molar-refractivity contribution is 0.688. The molecule has 2 aromatic rings. The maximum absolute atomic E-state index is 4.50. The van der Waals surface area contributed by atoms with Crippen LogP contribution in [0.1, 0.15) is 25.2 Å². The van der Waals surface area contributed by atoms with Crippen molar-refractivity contribution in [2.75, 3.05) is 11.9 Å². The molecule has 5 heteroatoms. The number of aryl methyl sites for hydroxylation is 1. The SMILES string of the molecule is Cc1ccccc1SCc1nsc(NCC(C)C)n1. The smallest absolute Gasteiger partial charge is 0.202 e. The minimum atomic E-state index is 0.619. The fourth-order valence-electron chi connectivity index (χ4n) is 1.54. The molecule has 1 aromatic heterocycles. The third-order valence-corrected chi connectivity index (χ3v) is 4.46. The Hall–Kier alpha value is -1.07. The van der Waals surface area contributed by atoms with Crippen molar-refractivity contribution in [1.82, 2.24) is 9.36 Å². The van der Waals surface area contributed by atoms with Crippen LogP contribution in [0.25, 0.3) is 0 Å². The average molecular weight is 293 g/mol. The van der Waals surface area contributed by atoms with E-state index in [1.807, 2.05) is 0 Å². The number of anilines is 1. The van der Waals surface area contributed by atoms with Crippen molar-refractivity contribution in [2.24, 2.45) is 5.92 Å². The van der Waals surface area contributed by atoms with Crippen molar-refractivity contribution in [2.45, 2.75) is 31.4 Å². The number of rotatable bonds is 6. The number of nitrogens with one attached hydrogen (secondary N) is 1. The third kappa shape index (κ3) is 4.51. The lowest BCUT2D eigenvalue weighted by Gasteiger charge is -2.04. The summed E-state index contributed by atoms with van der Waals surface area (Å²) in [5.74, 6) is 2.35. The van der Waals surface area contributed by atoms with E-state index in [4.69, 9.17) is 0 Å². The summed E-state index contributed by atoms with van der Waals surface area (Å²) in [6, 6.07) is 8.41. The van der Waals surface area contributed by atoms with Crippen molar-refractivity contribution in [3.05, 3.63) is 35.7 Å². The van der Waals surface area contributed by atoms with Crippen LogP contribution in [0.15, 0.2) is 29.2 Å². The third-order valence-electron chi connectivity index (χ3n) is 2.58. The van der Waals surface area contributed by atoms with E-state index < -0.39 is 0 Å². The normalized spacial score (nSPS) is 10.9. The maximum Gasteiger partial charge on any atom is 0.202 e. The van der Waals surface area contributed by atoms with Crippen LogP contribution >= 0.6 is 23.3 Å². The second-order valence-electron chi connectivity index (χ2n) is 4.84. The van der Waals surface area contributed by atoms with Gasteiger partial charge in [0.25, 0.3) is 0 Å². The van der Waals surface area contributed by atoms with Gasteiger partial charge >= 0.3 is 0 Å². The Kier molecular flexibility index (Phi) is 5.22. The molecule has 102 valence electrons. The molecule has 1 aromatic carbocycles. The fourth-order valence-corrected chi connectivity index (χ4v) is 3.09. The second kappa shape index (κ2) is 6.91. The molecule has 0 saturated carbocycles. The zero-order valence-electron chi connectivity index (χ0n) is 11.5. The molecular formula is C14H19N3S2. The van der Waals surface area contributed by atoms with Gasteiger partial charge in [-0.05, 0) is 24.5 Å². The Bertz CT molecular complexity index is 523. The number of aromatic nitrogens is 2. The highest BCUT2D eigenvalue weighted by Crippen LogP contribution is 2.25. The zero-order valence-corrected chi connectivity index (χ0v) is 13.1. The van der Waals surface area contributed by atoms with Gasteiger partial charge in [-0.25, -0.2) is 4.98 Å². The molecule has 0 unspecified atom stereocenters. The second-order valence-corrected chi connectivity index (χ2v) is 6.61. The van der Waals surface area contributed by atoms with Crippen molar-refractivity contribution in [3.8, 4) is 0 Å². The first-order valence-corrected chi connectivity index (χ1v) is 8.16. The number of nitrogens with zero attached hydrogens (tertiary/aromatic N) is 2. The highest BCUT2D eigenvalue weighted by Gasteiger charge is 2.06. The number of hydrogen-bond acceptors (Lipinski definition) is 5. The van der Waals surface area contributed by atoms with Gasteiger partial charge in [-0.1, -0.05) is 32.0 Å². The van der Waals surface area contributed by atoms with Crippen molar-refractivity contribution in [1.29, 1.82) is 0 Å². The Morgan fingerprint density at radius 3 is 2.84 bits per heavy atom. The van der Waals surface area contributed by atoms with E-state index in [0.29, 0.717) is 5.92 Å². The van der Waals surface area contributed by atoms with Gasteiger partial charge in [-0.3, -0.25) is 0 Å². The van der Waals surface area contributed by atoms with E-state index in [-0.39, 0.29) is 0 Å². The summed E-state index contributed by atoms with van der Waals surface area (Å²) in [5.41, 5.74) is 1.31. The molecule has 1 heterocycles. The first-order chi connectivity index (χ1) is 9.15. The molecule has 0 atom stereocenters. The summed E-state index contributed by atoms with van der Waals surface area (Å²) >= 11 is 3.24. The van der Waals surface area contributed by atoms with Gasteiger partial charge in [0.1, 0.15) is 0 Å². The quantitative estimate of drug-likeness (QED) is 0.810. The van der Waals surface area contributed by atoms with Gasteiger partial charge in [0, 0.05) is 23.0 Å². The molecule has 0 fully saturated rings. The van der Waals surface area contributed by atoms with Crippen molar-refractivity contribution < 1.29 is 0 Å². The summed E-state index contributed by atoms with van der Waals surface area (Å²) in [6.07, 6.45) is 0. The molecule has 1 N–H and O–H groups in total. The highest BCUT2D eigenvalue weighted by atomic mass is 32.2. The Morgan fingerprint density at radius 2 is 2.11 bits per heavy atom. The maximum atomic E-state index is 4.50. The van der Waals surface area contributed by atoms with Crippen molar-refractivity contribution in [3.63, 3.8) is 0 Å². The zero-order chi connectivity index (χ0) is 13.7. The van der Waals surface area contributed by atoms with Gasteiger partial charge in [0.2, 0.25) is 5.13 Å². The molecule has 0 aliphatic rings. The summed E-state index contributed by atoms with van der Waals surface area (Å²) in [4.78, 5) is 5.80. The van der Waals surface area contributed by atoms with Gasteiger partial charge in [-0.2, -0.15) is 4.37 Å². The van der Waals surface area contributed by atoms with E-state index in [1.54, 1.807) is 11.8 Å². The van der Waals surface area contributed by atoms with Crippen LogP contribution in [0.4, 0.5) is 5.13 Å². The molecule has 0 saturated heterocycles. The summed E-state index contributed by atoms with van der Waals surface area (Å²) in [5, 5.41) is 4.23. The average Bonchev–Trinajstić information content (AvgIpc) is 2.83. The van der Waals surface area contributed by atoms with E-state index in [9.17, 15) is 0 Å². The van der Waals surface area contributed by atoms with Crippen LogP contribution in [0.3, 0.4) is 0 Å². The molecule has 2 rings (SSSR count). The Labute approximate surface area is 123 Å². The minimum absolute atomic E-state index is 0.619. The van der Waals surface area contributed by atoms with E-state index in [0.717, 1.165) is 23.3 Å². The summed E-state index contributed by atoms with van der Waals surface area (Å²) < 4.78 is 4.39. The van der Waals surface area contributed by atoms with Crippen LogP contribution in [0.5, 0.6) is 0 Å². The fraction of sp³-hybridized carbons (Fsp3) is 0.429. The van der Waals surface area contributed by atoms with Crippen LogP contribution in [-0.4, -0.2) is 15.9 Å². The largest absolute Gasteiger partial charge is 0.360 e. The number of hydrogen-bond donors (Lipinski definition) is 1. The number of thioether (sulfide) groups is 1. The van der Waals surface area contributed by atoms with Gasteiger partial charge in [0.05, 0.1) is 5.75 Å². The predicted octanol–water partition coefficient (Wildman–Crippen LogP) is 4.21. The Morgan fingerprint density at radius 1 is 1.32 bits per heavy atom. The van der Waals surface area contributed by atoms with Crippen molar-refractivity contribution >= 4 is 28.4 Å². The molecule has 0 aliphatic carbocycles. The van der Waals surface area contributed by atoms with Crippen LogP contribution < -0.4 is 5.32 Å². The lowest BCUT2D eigenvalue weighted by Crippen LogP contribution is -2.07. The van der Waals surface area contributed by atoms with E-state index in [1.165, 1.54) is 22.0 Å². The number of benzene rings is 1. The first-order valence-electron chi connectivity index (χ1n) is 6.40. The Balaban J connectivity index is 1.88.